The van der Waals surface area contributed by atoms with Gasteiger partial charge in [-0.3, -0.25) is 9.69 Å². The average molecular weight is 278 g/mol. The van der Waals surface area contributed by atoms with Crippen LogP contribution in [0.15, 0.2) is 36.4 Å². The first-order valence-electron chi connectivity index (χ1n) is 7.87. The van der Waals surface area contributed by atoms with Crippen molar-refractivity contribution < 1.29 is 4.79 Å². The summed E-state index contributed by atoms with van der Waals surface area (Å²) in [6.45, 7) is 2.01. The summed E-state index contributed by atoms with van der Waals surface area (Å²) in [4.78, 5) is 18.1. The first-order chi connectivity index (χ1) is 10.3. The fourth-order valence-electron chi connectivity index (χ4n) is 4.57. The number of para-hydroxylation sites is 1. The predicted molar refractivity (Wildman–Crippen MR) is 82.1 cm³/mol. The standard InChI is InChI=1S/C18H18N2O/c21-16-6-5-11-9-12(16)10-20-8-7-14-13-3-1-2-4-15(13)19-17(14)18(11)20/h1-6,11-12,18-19H,7-10H2/t11-,12+,18+/m1/s1. The molecule has 2 aliphatic heterocycles. The van der Waals surface area contributed by atoms with Gasteiger partial charge in [-0.2, -0.15) is 0 Å². The topological polar surface area (TPSA) is 36.1 Å². The summed E-state index contributed by atoms with van der Waals surface area (Å²) in [5, 5.41) is 1.38. The van der Waals surface area contributed by atoms with Crippen LogP contribution in [0.1, 0.15) is 23.7 Å². The molecular formula is C18H18N2O. The van der Waals surface area contributed by atoms with Gasteiger partial charge in [0.1, 0.15) is 0 Å². The Balaban J connectivity index is 1.68. The number of aromatic nitrogens is 1. The number of hydrogen-bond acceptors (Lipinski definition) is 2. The van der Waals surface area contributed by atoms with Gasteiger partial charge in [0, 0.05) is 35.6 Å². The smallest absolute Gasteiger partial charge is 0.159 e. The van der Waals surface area contributed by atoms with E-state index in [4.69, 9.17) is 0 Å². The molecule has 0 saturated carbocycles. The fraction of sp³-hybridized carbons (Fsp3) is 0.389. The molecular weight excluding hydrogens is 260 g/mol. The Morgan fingerprint density at radius 3 is 3.10 bits per heavy atom. The molecule has 3 nitrogen and oxygen atoms in total. The number of aromatic amines is 1. The normalized spacial score (nSPS) is 31.2. The van der Waals surface area contributed by atoms with Crippen molar-refractivity contribution in [2.24, 2.45) is 11.8 Å². The van der Waals surface area contributed by atoms with Crippen LogP contribution in [-0.4, -0.2) is 28.8 Å². The molecule has 1 N–H and O–H groups in total. The van der Waals surface area contributed by atoms with E-state index in [2.05, 4.69) is 40.2 Å². The summed E-state index contributed by atoms with van der Waals surface area (Å²) < 4.78 is 0. The number of allylic oxidation sites excluding steroid dienone is 1. The van der Waals surface area contributed by atoms with E-state index in [0.29, 0.717) is 17.7 Å². The molecule has 3 aliphatic rings. The highest BCUT2D eigenvalue weighted by atomic mass is 16.1. The van der Waals surface area contributed by atoms with E-state index in [9.17, 15) is 4.79 Å². The zero-order valence-electron chi connectivity index (χ0n) is 11.9. The van der Waals surface area contributed by atoms with Crippen molar-refractivity contribution in [3.05, 3.63) is 47.7 Å². The van der Waals surface area contributed by atoms with Crippen LogP contribution in [0.25, 0.3) is 10.9 Å². The van der Waals surface area contributed by atoms with E-state index in [1.165, 1.54) is 22.2 Å². The molecule has 1 aromatic carbocycles. The minimum Gasteiger partial charge on any atom is -0.357 e. The van der Waals surface area contributed by atoms with Crippen LogP contribution >= 0.6 is 0 Å². The largest absolute Gasteiger partial charge is 0.357 e. The quantitative estimate of drug-likeness (QED) is 0.804. The molecule has 1 aromatic heterocycles. The number of nitrogens with one attached hydrogen (secondary N) is 1. The molecule has 5 rings (SSSR count). The van der Waals surface area contributed by atoms with Crippen molar-refractivity contribution in [3.8, 4) is 0 Å². The number of piperidine rings is 1. The van der Waals surface area contributed by atoms with Crippen molar-refractivity contribution in [1.29, 1.82) is 0 Å². The summed E-state index contributed by atoms with van der Waals surface area (Å²) in [6, 6.07) is 9.05. The molecule has 0 unspecified atom stereocenters. The third-order valence-electron chi connectivity index (χ3n) is 5.51. The lowest BCUT2D eigenvalue weighted by Crippen LogP contribution is -2.49. The molecule has 2 aromatic rings. The molecule has 1 fully saturated rings. The SMILES string of the molecule is O=C1C=C[C@@H]2C[C@H]1CN1CCc3c([nH]c4ccccc34)[C@H]21. The van der Waals surface area contributed by atoms with Gasteiger partial charge in [-0.1, -0.05) is 24.3 Å². The van der Waals surface area contributed by atoms with Crippen molar-refractivity contribution in [3.63, 3.8) is 0 Å². The van der Waals surface area contributed by atoms with Crippen molar-refractivity contribution in [2.75, 3.05) is 13.1 Å². The number of fused-ring (bicyclic) bond motifs is 8. The van der Waals surface area contributed by atoms with Crippen molar-refractivity contribution in [2.45, 2.75) is 18.9 Å². The van der Waals surface area contributed by atoms with E-state index in [1.807, 2.05) is 6.08 Å². The number of hydrogen-bond donors (Lipinski definition) is 1. The molecule has 0 spiro atoms. The first kappa shape index (κ1) is 11.8. The maximum atomic E-state index is 11.9. The van der Waals surface area contributed by atoms with Crippen LogP contribution in [0, 0.1) is 11.8 Å². The second-order valence-electron chi connectivity index (χ2n) is 6.61. The molecule has 1 aliphatic carbocycles. The Kier molecular flexibility index (Phi) is 2.28. The third kappa shape index (κ3) is 1.55. The van der Waals surface area contributed by atoms with Crippen LogP contribution in [0.5, 0.6) is 0 Å². The molecule has 0 radical (unpaired) electrons. The summed E-state index contributed by atoms with van der Waals surface area (Å²) in [5.41, 5.74) is 4.14. The molecule has 1 saturated heterocycles. The zero-order chi connectivity index (χ0) is 14.0. The second-order valence-corrected chi connectivity index (χ2v) is 6.61. The Morgan fingerprint density at radius 2 is 2.14 bits per heavy atom. The number of carbonyl (C=O) groups excluding carboxylic acids is 1. The minimum atomic E-state index is 0.224. The minimum absolute atomic E-state index is 0.224. The van der Waals surface area contributed by atoms with Gasteiger partial charge < -0.3 is 4.98 Å². The lowest BCUT2D eigenvalue weighted by molar-refractivity contribution is -0.122. The molecule has 106 valence electrons. The number of rotatable bonds is 0. The maximum absolute atomic E-state index is 11.9. The number of carbonyl (C=O) groups is 1. The summed E-state index contributed by atoms with van der Waals surface area (Å²) >= 11 is 0. The van der Waals surface area contributed by atoms with Crippen LogP contribution < -0.4 is 0 Å². The van der Waals surface area contributed by atoms with Gasteiger partial charge in [0.2, 0.25) is 0 Å². The van der Waals surface area contributed by atoms with Gasteiger partial charge in [-0.05, 0) is 36.5 Å². The van der Waals surface area contributed by atoms with E-state index in [-0.39, 0.29) is 5.92 Å². The second kappa shape index (κ2) is 4.08. The monoisotopic (exact) mass is 278 g/mol. The van der Waals surface area contributed by atoms with Gasteiger partial charge in [0.25, 0.3) is 0 Å². The highest BCUT2D eigenvalue weighted by Crippen LogP contribution is 2.45. The van der Waals surface area contributed by atoms with Crippen molar-refractivity contribution in [1.82, 2.24) is 9.88 Å². The van der Waals surface area contributed by atoms with Gasteiger partial charge in [0.05, 0.1) is 6.04 Å². The lowest BCUT2D eigenvalue weighted by atomic mass is 9.74. The van der Waals surface area contributed by atoms with Crippen LogP contribution in [0.3, 0.4) is 0 Å². The van der Waals surface area contributed by atoms with Crippen molar-refractivity contribution >= 4 is 16.7 Å². The number of benzene rings is 1. The molecule has 3 heterocycles. The number of nitrogens with zero attached hydrogens (tertiary/aromatic N) is 1. The van der Waals surface area contributed by atoms with Gasteiger partial charge in [-0.25, -0.2) is 0 Å². The van der Waals surface area contributed by atoms with Crippen LogP contribution in [0.4, 0.5) is 0 Å². The first-order valence-corrected chi connectivity index (χ1v) is 7.87. The van der Waals surface area contributed by atoms with E-state index in [0.717, 1.165) is 25.9 Å². The Bertz CT molecular complexity index is 773. The summed E-state index contributed by atoms with van der Waals surface area (Å²) in [6.07, 6.45) is 6.09. The third-order valence-corrected chi connectivity index (χ3v) is 5.51. The lowest BCUT2D eigenvalue weighted by Gasteiger charge is -2.47. The fourth-order valence-corrected chi connectivity index (χ4v) is 4.57. The highest BCUT2D eigenvalue weighted by molar-refractivity contribution is 5.93. The molecule has 21 heavy (non-hydrogen) atoms. The van der Waals surface area contributed by atoms with Gasteiger partial charge in [-0.15, -0.1) is 0 Å². The Hall–Kier alpha value is -1.87. The predicted octanol–water partition coefficient (Wildman–Crippen LogP) is 2.84. The highest BCUT2D eigenvalue weighted by Gasteiger charge is 2.43. The van der Waals surface area contributed by atoms with Gasteiger partial charge in [0.15, 0.2) is 5.78 Å². The van der Waals surface area contributed by atoms with Gasteiger partial charge >= 0.3 is 0 Å². The zero-order valence-corrected chi connectivity index (χ0v) is 11.9. The average Bonchev–Trinajstić information content (AvgIpc) is 2.89. The van der Waals surface area contributed by atoms with Crippen LogP contribution in [0.2, 0.25) is 0 Å². The molecule has 3 atom stereocenters. The number of H-pyrrole nitrogens is 1. The summed E-state index contributed by atoms with van der Waals surface area (Å²) in [5.74, 6) is 1.03. The molecule has 0 amide bonds. The maximum Gasteiger partial charge on any atom is 0.159 e. The molecule has 3 heteroatoms. The Labute approximate surface area is 123 Å². The molecule has 2 bridgehead atoms. The summed E-state index contributed by atoms with van der Waals surface area (Å²) in [7, 11) is 0. The Morgan fingerprint density at radius 1 is 1.24 bits per heavy atom. The van der Waals surface area contributed by atoms with E-state index >= 15 is 0 Å². The number of ketones is 1. The van der Waals surface area contributed by atoms with Crippen LogP contribution in [-0.2, 0) is 11.2 Å². The van der Waals surface area contributed by atoms with E-state index in [1.54, 1.807) is 0 Å². The van der Waals surface area contributed by atoms with E-state index < -0.39 is 0 Å².